The Morgan fingerprint density at radius 3 is 2.24 bits per heavy atom. The first kappa shape index (κ1) is 20.4. The van der Waals surface area contributed by atoms with Gasteiger partial charge in [0.25, 0.3) is 5.91 Å². The highest BCUT2D eigenvalue weighted by Gasteiger charge is 2.43. The van der Waals surface area contributed by atoms with Crippen molar-refractivity contribution in [1.82, 2.24) is 5.32 Å². The summed E-state index contributed by atoms with van der Waals surface area (Å²) in [4.78, 5) is 24.9. The van der Waals surface area contributed by atoms with Gasteiger partial charge in [-0.25, -0.2) is 8.78 Å². The van der Waals surface area contributed by atoms with Crippen LogP contribution in [0.4, 0.5) is 23.2 Å². The Bertz CT molecular complexity index is 945. The monoisotopic (exact) mass is 412 g/mol. The molecule has 0 spiro atoms. The zero-order chi connectivity index (χ0) is 21.3. The second kappa shape index (κ2) is 7.61. The molecule has 0 unspecified atom stereocenters. The molecule has 0 saturated heterocycles. The highest BCUT2D eigenvalue weighted by Crippen LogP contribution is 2.42. The van der Waals surface area contributed by atoms with E-state index in [1.165, 1.54) is 12.1 Å². The van der Waals surface area contributed by atoms with E-state index in [1.807, 2.05) is 0 Å². The third-order valence-electron chi connectivity index (χ3n) is 4.09. The molecule has 0 radical (unpaired) electrons. The minimum Gasteiger partial charge on any atom is -0.395 e. The van der Waals surface area contributed by atoms with E-state index in [0.717, 1.165) is 24.3 Å². The molecule has 1 aliphatic heterocycles. The molecule has 2 N–H and O–H groups in total. The van der Waals surface area contributed by atoms with Gasteiger partial charge in [-0.05, 0) is 30.2 Å². The molecule has 2 aromatic rings. The quantitative estimate of drug-likeness (QED) is 0.735. The van der Waals surface area contributed by atoms with Crippen LogP contribution in [0.5, 0.6) is 11.5 Å². The summed E-state index contributed by atoms with van der Waals surface area (Å²) in [6.07, 6.45) is -3.80. The molecule has 0 aromatic heterocycles. The average Bonchev–Trinajstić information content (AvgIpc) is 2.92. The highest BCUT2D eigenvalue weighted by molar-refractivity contribution is 6.01. The van der Waals surface area contributed by atoms with Crippen LogP contribution in [0.25, 0.3) is 0 Å². The molecule has 0 fully saturated rings. The molecule has 6 nitrogen and oxygen atoms in total. The van der Waals surface area contributed by atoms with E-state index in [9.17, 15) is 27.2 Å². The van der Waals surface area contributed by atoms with Crippen molar-refractivity contribution in [1.29, 1.82) is 0 Å². The summed E-state index contributed by atoms with van der Waals surface area (Å²) in [6.45, 7) is 3.23. The summed E-state index contributed by atoms with van der Waals surface area (Å²) in [5.41, 5.74) is -0.705. The lowest BCUT2D eigenvalue weighted by atomic mass is 10.0. The summed E-state index contributed by atoms with van der Waals surface area (Å²) >= 11 is 0. The first-order chi connectivity index (χ1) is 13.6. The number of hydrogen-bond acceptors (Lipinski definition) is 4. The number of halogens is 4. The number of hydrogen-bond donors (Lipinski definition) is 2. The van der Waals surface area contributed by atoms with E-state index in [0.29, 0.717) is 0 Å². The molecule has 3 rings (SSSR count). The van der Waals surface area contributed by atoms with Gasteiger partial charge in [-0.3, -0.25) is 9.59 Å². The molecule has 154 valence electrons. The predicted molar refractivity (Wildman–Crippen MR) is 93.7 cm³/mol. The summed E-state index contributed by atoms with van der Waals surface area (Å²) in [6, 6.07) is 5.41. The minimum absolute atomic E-state index is 0.104. The fourth-order valence-corrected chi connectivity index (χ4v) is 2.71. The van der Waals surface area contributed by atoms with Crippen LogP contribution in [-0.4, -0.2) is 24.2 Å². The van der Waals surface area contributed by atoms with Crippen molar-refractivity contribution < 1.29 is 36.6 Å². The molecular weight excluding hydrogens is 396 g/mol. The number of ether oxygens (including phenoxy) is 2. The number of carbonyl (C=O) groups is 2. The lowest BCUT2D eigenvalue weighted by Gasteiger charge is -2.22. The number of carbonyl (C=O) groups excluding carboxylic acids is 2. The van der Waals surface area contributed by atoms with Crippen LogP contribution in [0.15, 0.2) is 36.4 Å². The number of rotatable bonds is 5. The van der Waals surface area contributed by atoms with Crippen LogP contribution >= 0.6 is 0 Å². The number of anilines is 1. The van der Waals surface area contributed by atoms with Gasteiger partial charge in [0.1, 0.15) is 23.2 Å². The maximum atomic E-state index is 13.8. The number of amides is 2. The molecule has 0 saturated carbocycles. The van der Waals surface area contributed by atoms with E-state index < -0.39 is 47.3 Å². The van der Waals surface area contributed by atoms with Crippen molar-refractivity contribution in [2.75, 3.05) is 5.32 Å². The van der Waals surface area contributed by atoms with Crippen LogP contribution in [0.2, 0.25) is 0 Å². The Hall–Kier alpha value is -3.30. The van der Waals surface area contributed by atoms with Crippen molar-refractivity contribution in [2.45, 2.75) is 26.2 Å². The van der Waals surface area contributed by atoms with Gasteiger partial charge in [0.15, 0.2) is 11.5 Å². The Morgan fingerprint density at radius 2 is 1.62 bits per heavy atom. The topological polar surface area (TPSA) is 76.7 Å². The van der Waals surface area contributed by atoms with E-state index in [2.05, 4.69) is 20.1 Å². The maximum Gasteiger partial charge on any atom is 0.586 e. The van der Waals surface area contributed by atoms with E-state index in [-0.39, 0.29) is 17.2 Å². The average molecular weight is 412 g/mol. The Balaban J connectivity index is 1.75. The SMILES string of the molecule is CC(C)[C@@H](NC(=O)c1c(F)cccc1F)C(=O)Nc1ccc2c(c1)OC(F)(F)O2. The van der Waals surface area contributed by atoms with Crippen molar-refractivity contribution in [2.24, 2.45) is 5.92 Å². The van der Waals surface area contributed by atoms with Crippen LogP contribution < -0.4 is 20.1 Å². The Morgan fingerprint density at radius 1 is 1.00 bits per heavy atom. The number of alkyl halides is 2. The fraction of sp³-hybridized carbons (Fsp3) is 0.263. The number of fused-ring (bicyclic) bond motifs is 1. The Kier molecular flexibility index (Phi) is 5.36. The second-order valence-corrected chi connectivity index (χ2v) is 6.61. The third kappa shape index (κ3) is 4.41. The first-order valence-electron chi connectivity index (χ1n) is 8.53. The highest BCUT2D eigenvalue weighted by atomic mass is 19.3. The molecule has 2 amide bonds. The molecule has 10 heteroatoms. The normalized spacial score (nSPS) is 15.1. The van der Waals surface area contributed by atoms with Gasteiger partial charge >= 0.3 is 6.29 Å². The first-order valence-corrected chi connectivity index (χ1v) is 8.53. The lowest BCUT2D eigenvalue weighted by Crippen LogP contribution is -2.47. The fourth-order valence-electron chi connectivity index (χ4n) is 2.71. The number of nitrogens with one attached hydrogen (secondary N) is 2. The smallest absolute Gasteiger partial charge is 0.395 e. The summed E-state index contributed by atoms with van der Waals surface area (Å²) in [5.74, 6) is -4.87. The largest absolute Gasteiger partial charge is 0.586 e. The standard InChI is InChI=1S/C19H16F4N2O4/c1-9(2)16(25-17(26)15-11(20)4-3-5-12(15)21)18(27)24-10-6-7-13-14(8-10)29-19(22,23)28-13/h3-9,16H,1-2H3,(H,24,27)(H,25,26)/t16-/m1/s1. The Labute approximate surface area is 162 Å². The maximum absolute atomic E-state index is 13.8. The third-order valence-corrected chi connectivity index (χ3v) is 4.09. The summed E-state index contributed by atoms with van der Waals surface area (Å²) in [5, 5.41) is 4.74. The molecular formula is C19H16F4N2O4. The van der Waals surface area contributed by atoms with Gasteiger partial charge in [-0.1, -0.05) is 19.9 Å². The van der Waals surface area contributed by atoms with Crippen molar-refractivity contribution >= 4 is 17.5 Å². The molecule has 0 bridgehead atoms. The lowest BCUT2D eigenvalue weighted by molar-refractivity contribution is -0.286. The predicted octanol–water partition coefficient (Wildman–Crippen LogP) is 3.68. The summed E-state index contributed by atoms with van der Waals surface area (Å²) in [7, 11) is 0. The van der Waals surface area contributed by atoms with E-state index in [4.69, 9.17) is 0 Å². The van der Waals surface area contributed by atoms with E-state index >= 15 is 0 Å². The second-order valence-electron chi connectivity index (χ2n) is 6.61. The van der Waals surface area contributed by atoms with Gasteiger partial charge in [0.05, 0.1) is 0 Å². The van der Waals surface area contributed by atoms with Crippen LogP contribution in [-0.2, 0) is 4.79 Å². The minimum atomic E-state index is -3.80. The number of benzene rings is 2. The zero-order valence-electron chi connectivity index (χ0n) is 15.3. The van der Waals surface area contributed by atoms with Gasteiger partial charge in [0, 0.05) is 11.8 Å². The zero-order valence-corrected chi connectivity index (χ0v) is 15.3. The van der Waals surface area contributed by atoms with Crippen molar-refractivity contribution in [3.05, 3.63) is 53.6 Å². The van der Waals surface area contributed by atoms with Gasteiger partial charge in [0.2, 0.25) is 5.91 Å². The van der Waals surface area contributed by atoms with Crippen LogP contribution in [0, 0.1) is 17.6 Å². The molecule has 29 heavy (non-hydrogen) atoms. The van der Waals surface area contributed by atoms with Crippen molar-refractivity contribution in [3.63, 3.8) is 0 Å². The molecule has 1 aliphatic rings. The van der Waals surface area contributed by atoms with Gasteiger partial charge in [-0.2, -0.15) is 0 Å². The van der Waals surface area contributed by atoms with Crippen LogP contribution in [0.1, 0.15) is 24.2 Å². The molecule has 1 atom stereocenters. The van der Waals surface area contributed by atoms with Crippen LogP contribution in [0.3, 0.4) is 0 Å². The summed E-state index contributed by atoms with van der Waals surface area (Å²) < 4.78 is 62.4. The molecule has 0 aliphatic carbocycles. The molecule has 2 aromatic carbocycles. The van der Waals surface area contributed by atoms with Gasteiger partial charge < -0.3 is 20.1 Å². The van der Waals surface area contributed by atoms with Gasteiger partial charge in [-0.15, -0.1) is 8.78 Å². The van der Waals surface area contributed by atoms with Crippen molar-refractivity contribution in [3.8, 4) is 11.5 Å². The van der Waals surface area contributed by atoms with E-state index in [1.54, 1.807) is 13.8 Å². The molecule has 1 heterocycles.